The van der Waals surface area contributed by atoms with Crippen LogP contribution in [0.15, 0.2) is 0 Å². The molecule has 0 radical (unpaired) electrons. The van der Waals surface area contributed by atoms with Gasteiger partial charge in [-0.3, -0.25) is 9.69 Å². The lowest BCUT2D eigenvalue weighted by Gasteiger charge is -2.43. The highest BCUT2D eigenvalue weighted by Crippen LogP contribution is 2.35. The van der Waals surface area contributed by atoms with Crippen molar-refractivity contribution in [3.63, 3.8) is 0 Å². The van der Waals surface area contributed by atoms with Crippen LogP contribution in [0.5, 0.6) is 0 Å². The Morgan fingerprint density at radius 1 is 1.39 bits per heavy atom. The molecule has 0 bridgehead atoms. The molecular formula is C15H29NO2. The van der Waals surface area contributed by atoms with Crippen LogP contribution in [0.2, 0.25) is 0 Å². The summed E-state index contributed by atoms with van der Waals surface area (Å²) >= 11 is 0. The lowest BCUT2D eigenvalue weighted by Crippen LogP contribution is -2.51. The molecule has 1 aliphatic heterocycles. The summed E-state index contributed by atoms with van der Waals surface area (Å²) in [5.41, 5.74) is -0.488. The summed E-state index contributed by atoms with van der Waals surface area (Å²) in [5.74, 6) is -0.597. The van der Waals surface area contributed by atoms with Crippen molar-refractivity contribution in [2.45, 2.75) is 71.8 Å². The highest BCUT2D eigenvalue weighted by molar-refractivity contribution is 5.75. The third-order valence-corrected chi connectivity index (χ3v) is 4.62. The fraction of sp³-hybridized carbons (Fsp3) is 0.933. The van der Waals surface area contributed by atoms with Crippen molar-refractivity contribution in [2.24, 2.45) is 5.41 Å². The van der Waals surface area contributed by atoms with E-state index in [1.54, 1.807) is 0 Å². The number of hydrogen-bond donors (Lipinski definition) is 1. The maximum Gasteiger partial charge on any atom is 0.310 e. The van der Waals surface area contributed by atoms with Gasteiger partial charge in [-0.15, -0.1) is 0 Å². The Bertz CT molecular complexity index is 267. The van der Waals surface area contributed by atoms with Crippen molar-refractivity contribution in [3.8, 4) is 0 Å². The first-order valence-corrected chi connectivity index (χ1v) is 7.57. The third kappa shape index (κ3) is 3.47. The monoisotopic (exact) mass is 255 g/mol. The average molecular weight is 255 g/mol. The number of carboxylic acid groups (broad SMARTS) is 1. The number of rotatable bonds is 7. The Kier molecular flexibility index (Phi) is 6.13. The van der Waals surface area contributed by atoms with E-state index in [0.717, 1.165) is 38.8 Å². The molecule has 1 heterocycles. The second-order valence-corrected chi connectivity index (χ2v) is 5.72. The summed E-state index contributed by atoms with van der Waals surface area (Å²) in [7, 11) is 0. The predicted octanol–water partition coefficient (Wildman–Crippen LogP) is 3.53. The Morgan fingerprint density at radius 3 is 2.61 bits per heavy atom. The van der Waals surface area contributed by atoms with Crippen molar-refractivity contribution in [1.82, 2.24) is 4.90 Å². The van der Waals surface area contributed by atoms with Gasteiger partial charge in [0.1, 0.15) is 0 Å². The second kappa shape index (κ2) is 7.13. The van der Waals surface area contributed by atoms with Gasteiger partial charge in [-0.25, -0.2) is 0 Å². The van der Waals surface area contributed by atoms with Crippen LogP contribution in [0.4, 0.5) is 0 Å². The van der Waals surface area contributed by atoms with Gasteiger partial charge in [0.2, 0.25) is 0 Å². The minimum absolute atomic E-state index is 0.488. The Morgan fingerprint density at radius 2 is 2.11 bits per heavy atom. The molecule has 0 aromatic heterocycles. The number of aliphatic carboxylic acids is 1. The largest absolute Gasteiger partial charge is 0.481 e. The first-order chi connectivity index (χ1) is 8.59. The molecule has 0 aromatic rings. The van der Waals surface area contributed by atoms with E-state index in [-0.39, 0.29) is 0 Å². The zero-order valence-electron chi connectivity index (χ0n) is 12.2. The molecular weight excluding hydrogens is 226 g/mol. The van der Waals surface area contributed by atoms with Gasteiger partial charge in [-0.1, -0.05) is 33.6 Å². The van der Waals surface area contributed by atoms with E-state index in [0.29, 0.717) is 6.04 Å². The molecule has 3 heteroatoms. The first kappa shape index (κ1) is 15.5. The lowest BCUT2D eigenvalue weighted by molar-refractivity contribution is -0.153. The Labute approximate surface area is 112 Å². The fourth-order valence-electron chi connectivity index (χ4n) is 3.18. The molecule has 1 saturated heterocycles. The standard InChI is InChI=1S/C15H29NO2/c1-4-7-9-13(5-2)16-11-8-10-15(6-3,12-16)14(17)18/h13H,4-12H2,1-3H3,(H,17,18). The zero-order chi connectivity index (χ0) is 13.6. The zero-order valence-corrected chi connectivity index (χ0v) is 12.2. The van der Waals surface area contributed by atoms with Gasteiger partial charge >= 0.3 is 5.97 Å². The summed E-state index contributed by atoms with van der Waals surface area (Å²) in [6.07, 6.45) is 7.46. The summed E-state index contributed by atoms with van der Waals surface area (Å²) in [6.45, 7) is 8.29. The van der Waals surface area contributed by atoms with E-state index >= 15 is 0 Å². The summed E-state index contributed by atoms with van der Waals surface area (Å²) in [5, 5.41) is 9.51. The molecule has 0 spiro atoms. The van der Waals surface area contributed by atoms with Crippen LogP contribution < -0.4 is 0 Å². The van der Waals surface area contributed by atoms with E-state index in [9.17, 15) is 9.90 Å². The number of hydrogen-bond acceptors (Lipinski definition) is 2. The average Bonchev–Trinajstić information content (AvgIpc) is 2.39. The van der Waals surface area contributed by atoms with Crippen LogP contribution in [0.1, 0.15) is 65.7 Å². The van der Waals surface area contributed by atoms with Crippen LogP contribution in [-0.4, -0.2) is 35.1 Å². The van der Waals surface area contributed by atoms with E-state index in [1.165, 1.54) is 19.3 Å². The third-order valence-electron chi connectivity index (χ3n) is 4.62. The molecule has 1 aliphatic rings. The van der Waals surface area contributed by atoms with Gasteiger partial charge in [0.05, 0.1) is 5.41 Å². The highest BCUT2D eigenvalue weighted by atomic mass is 16.4. The van der Waals surface area contributed by atoms with Crippen molar-refractivity contribution in [2.75, 3.05) is 13.1 Å². The van der Waals surface area contributed by atoms with Gasteiger partial charge in [0.15, 0.2) is 0 Å². The number of likely N-dealkylation sites (tertiary alicyclic amines) is 1. The van der Waals surface area contributed by atoms with Crippen LogP contribution in [0.3, 0.4) is 0 Å². The fourth-order valence-corrected chi connectivity index (χ4v) is 3.18. The minimum atomic E-state index is -0.597. The van der Waals surface area contributed by atoms with E-state index < -0.39 is 11.4 Å². The van der Waals surface area contributed by atoms with E-state index in [1.807, 2.05) is 6.92 Å². The quantitative estimate of drug-likeness (QED) is 0.756. The number of carboxylic acids is 1. The van der Waals surface area contributed by atoms with Crippen molar-refractivity contribution in [3.05, 3.63) is 0 Å². The van der Waals surface area contributed by atoms with Crippen molar-refractivity contribution in [1.29, 1.82) is 0 Å². The van der Waals surface area contributed by atoms with Gasteiger partial charge in [0, 0.05) is 12.6 Å². The smallest absolute Gasteiger partial charge is 0.310 e. The van der Waals surface area contributed by atoms with Crippen LogP contribution in [-0.2, 0) is 4.79 Å². The summed E-state index contributed by atoms with van der Waals surface area (Å²) in [6, 6.07) is 0.579. The summed E-state index contributed by atoms with van der Waals surface area (Å²) in [4.78, 5) is 14.0. The predicted molar refractivity (Wildman–Crippen MR) is 74.8 cm³/mol. The number of piperidine rings is 1. The van der Waals surface area contributed by atoms with Crippen molar-refractivity contribution < 1.29 is 9.90 Å². The molecule has 0 aromatic carbocycles. The van der Waals surface area contributed by atoms with E-state index in [2.05, 4.69) is 18.7 Å². The van der Waals surface area contributed by atoms with Crippen LogP contribution in [0, 0.1) is 5.41 Å². The van der Waals surface area contributed by atoms with Crippen LogP contribution >= 0.6 is 0 Å². The molecule has 2 atom stereocenters. The number of nitrogens with zero attached hydrogens (tertiary/aromatic N) is 1. The molecule has 0 amide bonds. The normalized spacial score (nSPS) is 27.1. The molecule has 106 valence electrons. The van der Waals surface area contributed by atoms with Crippen LogP contribution in [0.25, 0.3) is 0 Å². The molecule has 1 fully saturated rings. The second-order valence-electron chi connectivity index (χ2n) is 5.72. The molecule has 18 heavy (non-hydrogen) atoms. The lowest BCUT2D eigenvalue weighted by atomic mass is 9.77. The van der Waals surface area contributed by atoms with Gasteiger partial charge < -0.3 is 5.11 Å². The molecule has 0 saturated carbocycles. The van der Waals surface area contributed by atoms with Gasteiger partial charge in [0.25, 0.3) is 0 Å². The molecule has 2 unspecified atom stereocenters. The minimum Gasteiger partial charge on any atom is -0.481 e. The SMILES string of the molecule is CCCCC(CC)N1CCCC(CC)(C(=O)O)C1. The van der Waals surface area contributed by atoms with Gasteiger partial charge in [-0.05, 0) is 38.6 Å². The Balaban J connectivity index is 2.68. The number of unbranched alkanes of at least 4 members (excludes halogenated alkanes) is 1. The molecule has 1 rings (SSSR count). The topological polar surface area (TPSA) is 40.5 Å². The maximum atomic E-state index is 11.6. The molecule has 1 N–H and O–H groups in total. The molecule has 0 aliphatic carbocycles. The Hall–Kier alpha value is -0.570. The number of carbonyl (C=O) groups is 1. The highest BCUT2D eigenvalue weighted by Gasteiger charge is 2.41. The van der Waals surface area contributed by atoms with Gasteiger partial charge in [-0.2, -0.15) is 0 Å². The first-order valence-electron chi connectivity index (χ1n) is 7.57. The van der Waals surface area contributed by atoms with E-state index in [4.69, 9.17) is 0 Å². The maximum absolute atomic E-state index is 11.6. The van der Waals surface area contributed by atoms with Crippen molar-refractivity contribution >= 4 is 5.97 Å². The summed E-state index contributed by atoms with van der Waals surface area (Å²) < 4.78 is 0. The molecule has 3 nitrogen and oxygen atoms in total.